The van der Waals surface area contributed by atoms with Crippen molar-refractivity contribution in [2.24, 2.45) is 22.0 Å². The summed E-state index contributed by atoms with van der Waals surface area (Å²) in [5.74, 6) is 1.71. The summed E-state index contributed by atoms with van der Waals surface area (Å²) in [6, 6.07) is 15.4. The smallest absolute Gasteiger partial charge is 0.170 e. The molecule has 8 heteroatoms. The van der Waals surface area contributed by atoms with Crippen LogP contribution in [0.25, 0.3) is 11.3 Å². The van der Waals surface area contributed by atoms with E-state index in [2.05, 4.69) is 38.1 Å². The lowest BCUT2D eigenvalue weighted by Crippen LogP contribution is -2.36. The number of aromatic nitrogens is 1. The SMILES string of the molecule is Cc1nc(-c2ccc(OCCCCCOc3ccc(C(N)=NO)cc3)cc2)c(CC(N)C(C)(C)C)s1. The molecule has 3 rings (SSSR count). The van der Waals surface area contributed by atoms with E-state index in [1.54, 1.807) is 23.5 Å². The van der Waals surface area contributed by atoms with E-state index in [1.807, 2.05) is 31.2 Å². The van der Waals surface area contributed by atoms with E-state index in [0.717, 1.165) is 53.4 Å². The summed E-state index contributed by atoms with van der Waals surface area (Å²) in [4.78, 5) is 6.02. The molecular formula is C28H38N4O3S. The van der Waals surface area contributed by atoms with Crippen molar-refractivity contribution >= 4 is 17.2 Å². The summed E-state index contributed by atoms with van der Waals surface area (Å²) in [7, 11) is 0. The molecule has 1 unspecified atom stereocenters. The van der Waals surface area contributed by atoms with Gasteiger partial charge in [-0.1, -0.05) is 25.9 Å². The minimum Gasteiger partial charge on any atom is -0.494 e. The number of oxime groups is 1. The molecular weight excluding hydrogens is 472 g/mol. The summed E-state index contributed by atoms with van der Waals surface area (Å²) in [6.07, 6.45) is 3.72. The fourth-order valence-corrected chi connectivity index (χ4v) is 4.61. The van der Waals surface area contributed by atoms with Gasteiger partial charge in [0.1, 0.15) is 11.5 Å². The van der Waals surface area contributed by atoms with Crippen molar-refractivity contribution in [3.63, 3.8) is 0 Å². The molecule has 36 heavy (non-hydrogen) atoms. The highest BCUT2D eigenvalue weighted by Crippen LogP contribution is 2.32. The topological polar surface area (TPSA) is 116 Å². The molecule has 194 valence electrons. The number of nitrogens with zero attached hydrogens (tertiary/aromatic N) is 2. The molecule has 0 amide bonds. The third kappa shape index (κ3) is 7.96. The first-order valence-corrected chi connectivity index (χ1v) is 13.1. The minimum atomic E-state index is 0.0516. The second kappa shape index (κ2) is 12.7. The normalized spacial score (nSPS) is 13.0. The van der Waals surface area contributed by atoms with Gasteiger partial charge >= 0.3 is 0 Å². The highest BCUT2D eigenvalue weighted by Gasteiger charge is 2.23. The summed E-state index contributed by atoms with van der Waals surface area (Å²) in [5, 5.41) is 12.8. The number of amidine groups is 1. The highest BCUT2D eigenvalue weighted by molar-refractivity contribution is 7.12. The Bertz CT molecular complexity index is 1120. The lowest BCUT2D eigenvalue weighted by atomic mass is 9.85. The molecule has 0 radical (unpaired) electrons. The Kier molecular flexibility index (Phi) is 9.73. The average molecular weight is 511 g/mol. The van der Waals surface area contributed by atoms with Crippen LogP contribution < -0.4 is 20.9 Å². The van der Waals surface area contributed by atoms with Crippen molar-refractivity contribution in [1.29, 1.82) is 0 Å². The molecule has 1 heterocycles. The Morgan fingerprint density at radius 3 is 2.06 bits per heavy atom. The number of unbranched alkanes of at least 4 members (excludes halogenated alkanes) is 2. The average Bonchev–Trinajstić information content (AvgIpc) is 3.22. The van der Waals surface area contributed by atoms with Crippen molar-refractivity contribution < 1.29 is 14.7 Å². The Morgan fingerprint density at radius 2 is 1.53 bits per heavy atom. The quantitative estimate of drug-likeness (QED) is 0.0938. The van der Waals surface area contributed by atoms with Crippen LogP contribution in [0, 0.1) is 12.3 Å². The number of hydrogen-bond donors (Lipinski definition) is 3. The number of benzene rings is 2. The molecule has 0 spiro atoms. The number of hydrogen-bond acceptors (Lipinski definition) is 7. The van der Waals surface area contributed by atoms with Gasteiger partial charge in [0.2, 0.25) is 0 Å². The van der Waals surface area contributed by atoms with Gasteiger partial charge in [0, 0.05) is 22.0 Å². The van der Waals surface area contributed by atoms with Crippen LogP contribution in [0.1, 0.15) is 55.5 Å². The molecule has 2 aromatic carbocycles. The first kappa shape index (κ1) is 27.5. The van der Waals surface area contributed by atoms with E-state index in [-0.39, 0.29) is 17.3 Å². The van der Waals surface area contributed by atoms with Gasteiger partial charge in [-0.2, -0.15) is 0 Å². The number of rotatable bonds is 12. The molecule has 0 saturated heterocycles. The molecule has 0 aliphatic carbocycles. The van der Waals surface area contributed by atoms with E-state index in [0.29, 0.717) is 18.8 Å². The lowest BCUT2D eigenvalue weighted by molar-refractivity contribution is 0.279. The van der Waals surface area contributed by atoms with Crippen molar-refractivity contribution in [1.82, 2.24) is 4.98 Å². The predicted octanol–water partition coefficient (Wildman–Crippen LogP) is 5.76. The largest absolute Gasteiger partial charge is 0.494 e. The van der Waals surface area contributed by atoms with Gasteiger partial charge in [-0.05, 0) is 86.6 Å². The number of ether oxygens (including phenoxy) is 2. The number of aryl methyl sites for hydroxylation is 1. The lowest BCUT2D eigenvalue weighted by Gasteiger charge is -2.26. The minimum absolute atomic E-state index is 0.0516. The predicted molar refractivity (Wildman–Crippen MR) is 147 cm³/mol. The summed E-state index contributed by atoms with van der Waals surface area (Å²) < 4.78 is 11.7. The first-order valence-electron chi connectivity index (χ1n) is 12.3. The molecule has 0 saturated carbocycles. The summed E-state index contributed by atoms with van der Waals surface area (Å²) >= 11 is 1.73. The third-order valence-corrected chi connectivity index (χ3v) is 7.03. The van der Waals surface area contributed by atoms with Crippen LogP contribution in [-0.4, -0.2) is 35.3 Å². The van der Waals surface area contributed by atoms with Gasteiger partial charge in [0.25, 0.3) is 0 Å². The van der Waals surface area contributed by atoms with Crippen LogP contribution >= 0.6 is 11.3 Å². The molecule has 1 atom stereocenters. The number of nitrogens with two attached hydrogens (primary N) is 2. The van der Waals surface area contributed by atoms with E-state index in [1.165, 1.54) is 4.88 Å². The molecule has 1 aromatic heterocycles. The Hall–Kier alpha value is -3.10. The van der Waals surface area contributed by atoms with E-state index in [4.69, 9.17) is 31.1 Å². The van der Waals surface area contributed by atoms with Gasteiger partial charge in [0.15, 0.2) is 5.84 Å². The van der Waals surface area contributed by atoms with Crippen LogP contribution in [0.4, 0.5) is 0 Å². The highest BCUT2D eigenvalue weighted by atomic mass is 32.1. The van der Waals surface area contributed by atoms with Crippen molar-refractivity contribution in [2.75, 3.05) is 13.2 Å². The summed E-state index contributed by atoms with van der Waals surface area (Å²) in [6.45, 7) is 9.87. The monoisotopic (exact) mass is 510 g/mol. The van der Waals surface area contributed by atoms with Crippen LogP contribution in [0.15, 0.2) is 53.7 Å². The van der Waals surface area contributed by atoms with Gasteiger partial charge in [0.05, 0.1) is 23.9 Å². The van der Waals surface area contributed by atoms with Crippen LogP contribution in [0.2, 0.25) is 0 Å². The standard InChI is InChI=1S/C28H38N4O3S/c1-19-31-26(24(36-19)18-25(29)28(2,3)4)20-8-12-22(13-9-20)34-16-6-5-7-17-35-23-14-10-21(11-15-23)27(30)32-33/h8-15,25,33H,5-7,16-18,29H2,1-4H3,(H2,30,32). The van der Waals surface area contributed by atoms with E-state index >= 15 is 0 Å². The zero-order chi connectivity index (χ0) is 26.1. The van der Waals surface area contributed by atoms with E-state index in [9.17, 15) is 0 Å². The fraction of sp³-hybridized carbons (Fsp3) is 0.429. The molecule has 5 N–H and O–H groups in total. The first-order chi connectivity index (χ1) is 17.2. The van der Waals surface area contributed by atoms with E-state index < -0.39 is 0 Å². The zero-order valence-electron chi connectivity index (χ0n) is 21.7. The molecule has 0 aliphatic heterocycles. The molecule has 0 bridgehead atoms. The zero-order valence-corrected chi connectivity index (χ0v) is 22.5. The maximum absolute atomic E-state index is 8.71. The Labute approximate surface area is 218 Å². The molecule has 0 aliphatic rings. The van der Waals surface area contributed by atoms with Crippen molar-refractivity contribution in [3.8, 4) is 22.8 Å². The third-order valence-electron chi connectivity index (χ3n) is 6.03. The second-order valence-corrected chi connectivity index (χ2v) is 11.3. The van der Waals surface area contributed by atoms with Gasteiger partial charge in [-0.15, -0.1) is 11.3 Å². The van der Waals surface area contributed by atoms with Crippen LogP contribution in [0.5, 0.6) is 11.5 Å². The van der Waals surface area contributed by atoms with Crippen LogP contribution in [0.3, 0.4) is 0 Å². The Morgan fingerprint density at radius 1 is 0.972 bits per heavy atom. The molecule has 7 nitrogen and oxygen atoms in total. The Balaban J connectivity index is 1.40. The van der Waals surface area contributed by atoms with Crippen molar-refractivity contribution in [2.45, 2.75) is 59.4 Å². The maximum Gasteiger partial charge on any atom is 0.170 e. The fourth-order valence-electron chi connectivity index (χ4n) is 3.59. The van der Waals surface area contributed by atoms with Crippen LogP contribution in [-0.2, 0) is 6.42 Å². The molecule has 0 fully saturated rings. The van der Waals surface area contributed by atoms with Gasteiger partial charge in [-0.3, -0.25) is 0 Å². The van der Waals surface area contributed by atoms with Crippen molar-refractivity contribution in [3.05, 3.63) is 64.0 Å². The second-order valence-electron chi connectivity index (χ2n) is 9.97. The van der Waals surface area contributed by atoms with Gasteiger partial charge in [-0.25, -0.2) is 4.98 Å². The summed E-state index contributed by atoms with van der Waals surface area (Å²) in [5.41, 5.74) is 14.8. The number of thiazole rings is 1. The maximum atomic E-state index is 8.71. The van der Waals surface area contributed by atoms with Gasteiger partial charge < -0.3 is 26.1 Å². The molecule has 3 aromatic rings.